The first-order valence-electron chi connectivity index (χ1n) is 8.08. The second kappa shape index (κ2) is 8.15. The number of carbonyl (C=O) groups is 1. The Balaban J connectivity index is 1.53. The summed E-state index contributed by atoms with van der Waals surface area (Å²) in [5.74, 6) is 1.53. The van der Waals surface area contributed by atoms with Crippen molar-refractivity contribution in [1.82, 2.24) is 15.5 Å². The van der Waals surface area contributed by atoms with Crippen molar-refractivity contribution in [2.75, 3.05) is 13.7 Å². The van der Waals surface area contributed by atoms with E-state index in [-0.39, 0.29) is 19.1 Å². The normalized spacial score (nSPS) is 10.4. The highest BCUT2D eigenvalue weighted by atomic mass is 16.5. The lowest BCUT2D eigenvalue weighted by Crippen LogP contribution is -2.28. The van der Waals surface area contributed by atoms with Crippen molar-refractivity contribution in [3.63, 3.8) is 0 Å². The number of carbonyl (C=O) groups excluding carboxylic acids is 1. The number of hydrogen-bond acceptors (Lipinski definition) is 6. The number of methoxy groups -OCH3 is 1. The average Bonchev–Trinajstić information content (AvgIpc) is 3.14. The molecule has 0 atom stereocenters. The molecule has 2 aromatic carbocycles. The predicted molar refractivity (Wildman–Crippen MR) is 94.8 cm³/mol. The van der Waals surface area contributed by atoms with Gasteiger partial charge in [0.15, 0.2) is 18.1 Å². The van der Waals surface area contributed by atoms with Crippen LogP contribution in [0.1, 0.15) is 11.5 Å². The number of benzene rings is 2. The molecule has 0 unspecified atom stereocenters. The number of aryl methyl sites for hydroxylation is 1. The summed E-state index contributed by atoms with van der Waals surface area (Å²) in [7, 11) is 1.55. The summed E-state index contributed by atoms with van der Waals surface area (Å²) >= 11 is 0. The van der Waals surface area contributed by atoms with Gasteiger partial charge in [0.2, 0.25) is 11.8 Å². The molecule has 0 spiro atoms. The molecule has 7 nitrogen and oxygen atoms in total. The molecular weight excluding hydrogens is 334 g/mol. The summed E-state index contributed by atoms with van der Waals surface area (Å²) in [6.07, 6.45) is 0. The topological polar surface area (TPSA) is 86.5 Å². The van der Waals surface area contributed by atoms with Gasteiger partial charge in [-0.1, -0.05) is 30.3 Å². The molecule has 0 saturated carbocycles. The number of ether oxygens (including phenoxy) is 2. The van der Waals surface area contributed by atoms with Crippen LogP contribution in [0.15, 0.2) is 52.9 Å². The lowest BCUT2D eigenvalue weighted by atomic mass is 10.1. The fourth-order valence-electron chi connectivity index (χ4n) is 2.35. The molecule has 0 saturated heterocycles. The van der Waals surface area contributed by atoms with Gasteiger partial charge in [0.1, 0.15) is 0 Å². The van der Waals surface area contributed by atoms with Gasteiger partial charge >= 0.3 is 0 Å². The maximum Gasteiger partial charge on any atom is 0.258 e. The van der Waals surface area contributed by atoms with E-state index in [1.165, 1.54) is 0 Å². The monoisotopic (exact) mass is 353 g/mol. The molecule has 1 amide bonds. The first-order valence-corrected chi connectivity index (χ1v) is 8.08. The molecule has 7 heteroatoms. The molecule has 1 N–H and O–H groups in total. The van der Waals surface area contributed by atoms with Crippen LogP contribution in [0, 0.1) is 6.92 Å². The van der Waals surface area contributed by atoms with E-state index >= 15 is 0 Å². The Morgan fingerprint density at radius 2 is 1.81 bits per heavy atom. The standard InChI is InChI=1S/C19H19N3O4/c1-13-7-3-4-8-14(13)19-22-21-18(26-19)11-20-17(23)12-25-16-10-6-5-9-15(16)24-2/h3-10H,11-12H2,1-2H3,(H,20,23). The average molecular weight is 353 g/mol. The lowest BCUT2D eigenvalue weighted by molar-refractivity contribution is -0.123. The van der Waals surface area contributed by atoms with Crippen molar-refractivity contribution in [2.45, 2.75) is 13.5 Å². The Morgan fingerprint density at radius 3 is 2.58 bits per heavy atom. The molecule has 3 aromatic rings. The van der Waals surface area contributed by atoms with E-state index in [1.807, 2.05) is 37.3 Å². The van der Waals surface area contributed by atoms with E-state index < -0.39 is 0 Å². The van der Waals surface area contributed by atoms with Gasteiger partial charge in [0.05, 0.1) is 13.7 Å². The summed E-state index contributed by atoms with van der Waals surface area (Å²) < 4.78 is 16.2. The highest BCUT2D eigenvalue weighted by Crippen LogP contribution is 2.25. The first-order chi connectivity index (χ1) is 12.7. The number of rotatable bonds is 7. The van der Waals surface area contributed by atoms with E-state index in [4.69, 9.17) is 13.9 Å². The molecule has 134 valence electrons. The minimum absolute atomic E-state index is 0.132. The van der Waals surface area contributed by atoms with Crippen LogP contribution in [-0.2, 0) is 11.3 Å². The van der Waals surface area contributed by atoms with Gasteiger partial charge in [-0.3, -0.25) is 4.79 Å². The Hall–Kier alpha value is -3.35. The smallest absolute Gasteiger partial charge is 0.258 e. The van der Waals surface area contributed by atoms with Crippen LogP contribution in [0.2, 0.25) is 0 Å². The first kappa shape index (κ1) is 17.5. The molecule has 0 bridgehead atoms. The van der Waals surface area contributed by atoms with Crippen molar-refractivity contribution in [2.24, 2.45) is 0 Å². The van der Waals surface area contributed by atoms with Crippen molar-refractivity contribution in [1.29, 1.82) is 0 Å². The largest absolute Gasteiger partial charge is 0.493 e. The number of nitrogens with zero attached hydrogens (tertiary/aromatic N) is 2. The van der Waals surface area contributed by atoms with E-state index in [1.54, 1.807) is 25.3 Å². The van der Waals surface area contributed by atoms with Gasteiger partial charge in [-0.2, -0.15) is 0 Å². The number of para-hydroxylation sites is 2. The van der Waals surface area contributed by atoms with Crippen molar-refractivity contribution < 1.29 is 18.7 Å². The Kier molecular flexibility index (Phi) is 5.48. The number of hydrogen-bond donors (Lipinski definition) is 1. The SMILES string of the molecule is COc1ccccc1OCC(=O)NCc1nnc(-c2ccccc2C)o1. The molecule has 0 aliphatic rings. The fourth-order valence-corrected chi connectivity index (χ4v) is 2.35. The van der Waals surface area contributed by atoms with Crippen LogP contribution < -0.4 is 14.8 Å². The fraction of sp³-hybridized carbons (Fsp3) is 0.211. The van der Waals surface area contributed by atoms with Gasteiger partial charge in [0, 0.05) is 5.56 Å². The van der Waals surface area contributed by atoms with Gasteiger partial charge in [-0.05, 0) is 30.7 Å². The highest BCUT2D eigenvalue weighted by molar-refractivity contribution is 5.77. The van der Waals surface area contributed by atoms with Crippen LogP contribution in [0.25, 0.3) is 11.5 Å². The molecule has 0 fully saturated rings. The van der Waals surface area contributed by atoms with Gasteiger partial charge in [0.25, 0.3) is 5.91 Å². The zero-order chi connectivity index (χ0) is 18.4. The Labute approximate surface area is 151 Å². The number of nitrogens with one attached hydrogen (secondary N) is 1. The molecule has 0 radical (unpaired) electrons. The minimum Gasteiger partial charge on any atom is -0.493 e. The maximum absolute atomic E-state index is 12.0. The van der Waals surface area contributed by atoms with E-state index in [2.05, 4.69) is 15.5 Å². The van der Waals surface area contributed by atoms with E-state index in [9.17, 15) is 4.79 Å². The third kappa shape index (κ3) is 4.18. The number of aromatic nitrogens is 2. The summed E-state index contributed by atoms with van der Waals surface area (Å²) in [6, 6.07) is 14.9. The zero-order valence-corrected chi connectivity index (χ0v) is 14.6. The minimum atomic E-state index is -0.299. The van der Waals surface area contributed by atoms with Gasteiger partial charge in [-0.15, -0.1) is 10.2 Å². The van der Waals surface area contributed by atoms with Crippen LogP contribution in [0.4, 0.5) is 0 Å². The number of amides is 1. The van der Waals surface area contributed by atoms with Gasteiger partial charge < -0.3 is 19.2 Å². The third-order valence-electron chi connectivity index (χ3n) is 3.71. The molecule has 0 aliphatic carbocycles. The van der Waals surface area contributed by atoms with Crippen molar-refractivity contribution in [3.05, 3.63) is 60.0 Å². The van der Waals surface area contributed by atoms with Crippen LogP contribution in [0.3, 0.4) is 0 Å². The summed E-state index contributed by atoms with van der Waals surface area (Å²) in [6.45, 7) is 1.96. The van der Waals surface area contributed by atoms with Crippen LogP contribution in [0.5, 0.6) is 11.5 Å². The molecule has 26 heavy (non-hydrogen) atoms. The highest BCUT2D eigenvalue weighted by Gasteiger charge is 2.12. The van der Waals surface area contributed by atoms with E-state index in [0.29, 0.717) is 23.3 Å². The molecule has 0 aliphatic heterocycles. The third-order valence-corrected chi connectivity index (χ3v) is 3.71. The van der Waals surface area contributed by atoms with Crippen molar-refractivity contribution >= 4 is 5.91 Å². The lowest BCUT2D eigenvalue weighted by Gasteiger charge is -2.09. The van der Waals surface area contributed by atoms with Crippen LogP contribution in [-0.4, -0.2) is 29.8 Å². The molecular formula is C19H19N3O4. The predicted octanol–water partition coefficient (Wildman–Crippen LogP) is 2.75. The second-order valence-electron chi connectivity index (χ2n) is 5.53. The summed E-state index contributed by atoms with van der Waals surface area (Å²) in [4.78, 5) is 12.0. The molecule has 1 heterocycles. The maximum atomic E-state index is 12.0. The Morgan fingerprint density at radius 1 is 1.08 bits per heavy atom. The van der Waals surface area contributed by atoms with Crippen LogP contribution >= 0.6 is 0 Å². The van der Waals surface area contributed by atoms with Gasteiger partial charge in [-0.25, -0.2) is 0 Å². The molecule has 1 aromatic heterocycles. The summed E-state index contributed by atoms with van der Waals surface area (Å²) in [5.41, 5.74) is 1.91. The second-order valence-corrected chi connectivity index (χ2v) is 5.53. The van der Waals surface area contributed by atoms with Crippen molar-refractivity contribution in [3.8, 4) is 23.0 Å². The Bertz CT molecular complexity index is 892. The van der Waals surface area contributed by atoms with E-state index in [0.717, 1.165) is 11.1 Å². The summed E-state index contributed by atoms with van der Waals surface area (Å²) in [5, 5.41) is 10.7. The zero-order valence-electron chi connectivity index (χ0n) is 14.6. The molecule has 3 rings (SSSR count). The quantitative estimate of drug-likeness (QED) is 0.703.